The first-order chi connectivity index (χ1) is 11.5. The highest BCUT2D eigenvalue weighted by Crippen LogP contribution is 2.22. The van der Waals surface area contributed by atoms with Gasteiger partial charge < -0.3 is 15.0 Å². The largest absolute Gasteiger partial charge is 0.444 e. The summed E-state index contributed by atoms with van der Waals surface area (Å²) in [5.41, 5.74) is -0.656. The molecule has 0 spiro atoms. The van der Waals surface area contributed by atoms with Crippen LogP contribution in [0.3, 0.4) is 0 Å². The lowest BCUT2D eigenvalue weighted by atomic mass is 10.2. The fourth-order valence-corrected chi connectivity index (χ4v) is 2.17. The number of nitrogens with zero attached hydrogens (tertiary/aromatic N) is 2. The number of hydrogen-bond donors (Lipinski definition) is 1. The van der Waals surface area contributed by atoms with Crippen LogP contribution >= 0.6 is 11.6 Å². The van der Waals surface area contributed by atoms with Crippen LogP contribution in [0.25, 0.3) is 0 Å². The number of carbonyl (C=O) groups excluding carboxylic acids is 2. The molecule has 0 aliphatic carbocycles. The molecule has 0 unspecified atom stereocenters. The molecule has 8 nitrogen and oxygen atoms in total. The number of nitrogens with one attached hydrogen (secondary N) is 1. The highest BCUT2D eigenvalue weighted by Gasteiger charge is 2.21. The standard InChI is InChI=1S/C16H22ClN3O5/c1-5-19(15(22)25-16(2,3)4)9-8-18-14(21)12-7-6-11(20(23)24)10-13(12)17/h6-7,10H,5,8-9H2,1-4H3,(H,18,21). The highest BCUT2D eigenvalue weighted by atomic mass is 35.5. The number of benzene rings is 1. The maximum atomic E-state index is 12.1. The zero-order chi connectivity index (χ0) is 19.2. The van der Waals surface area contributed by atoms with E-state index in [1.54, 1.807) is 27.7 Å². The third-order valence-corrected chi connectivity index (χ3v) is 3.42. The normalized spacial score (nSPS) is 10.9. The highest BCUT2D eigenvalue weighted by molar-refractivity contribution is 6.34. The zero-order valence-electron chi connectivity index (χ0n) is 14.7. The molecule has 0 fully saturated rings. The summed E-state index contributed by atoms with van der Waals surface area (Å²) in [7, 11) is 0. The first-order valence-corrected chi connectivity index (χ1v) is 8.13. The second-order valence-electron chi connectivity index (χ2n) is 6.24. The van der Waals surface area contributed by atoms with E-state index in [1.165, 1.54) is 17.0 Å². The molecule has 138 valence electrons. The van der Waals surface area contributed by atoms with Crippen molar-refractivity contribution < 1.29 is 19.2 Å². The van der Waals surface area contributed by atoms with Crippen LogP contribution < -0.4 is 5.32 Å². The average Bonchev–Trinajstić information content (AvgIpc) is 2.49. The number of nitro benzene ring substituents is 1. The van der Waals surface area contributed by atoms with E-state index >= 15 is 0 Å². The number of rotatable bonds is 6. The molecule has 0 aromatic heterocycles. The van der Waals surface area contributed by atoms with Crippen molar-refractivity contribution in [3.63, 3.8) is 0 Å². The molecule has 1 aromatic carbocycles. The third-order valence-electron chi connectivity index (χ3n) is 3.11. The van der Waals surface area contributed by atoms with Crippen molar-refractivity contribution in [3.8, 4) is 0 Å². The van der Waals surface area contributed by atoms with Crippen molar-refractivity contribution in [1.82, 2.24) is 10.2 Å². The van der Waals surface area contributed by atoms with Gasteiger partial charge in [-0.25, -0.2) is 4.79 Å². The van der Waals surface area contributed by atoms with Gasteiger partial charge in [0.25, 0.3) is 11.6 Å². The van der Waals surface area contributed by atoms with Gasteiger partial charge in [-0.2, -0.15) is 0 Å². The number of nitro groups is 1. The van der Waals surface area contributed by atoms with Gasteiger partial charge in [0.2, 0.25) is 0 Å². The van der Waals surface area contributed by atoms with Gasteiger partial charge in [-0.15, -0.1) is 0 Å². The summed E-state index contributed by atoms with van der Waals surface area (Å²) >= 11 is 5.91. The predicted octanol–water partition coefficient (Wildman–Crippen LogP) is 3.24. The lowest BCUT2D eigenvalue weighted by molar-refractivity contribution is -0.384. The maximum Gasteiger partial charge on any atom is 0.410 e. The Kier molecular flexibility index (Phi) is 7.17. The molecule has 1 aromatic rings. The number of carbonyl (C=O) groups is 2. The molecule has 25 heavy (non-hydrogen) atoms. The van der Waals surface area contributed by atoms with Crippen molar-refractivity contribution >= 4 is 29.3 Å². The Bertz CT molecular complexity index is 658. The van der Waals surface area contributed by atoms with Crippen LogP contribution in [-0.4, -0.2) is 47.1 Å². The minimum absolute atomic E-state index is 0.00816. The zero-order valence-corrected chi connectivity index (χ0v) is 15.4. The minimum Gasteiger partial charge on any atom is -0.444 e. The molecular formula is C16H22ClN3O5. The van der Waals surface area contributed by atoms with E-state index in [0.29, 0.717) is 6.54 Å². The lowest BCUT2D eigenvalue weighted by Crippen LogP contribution is -2.41. The summed E-state index contributed by atoms with van der Waals surface area (Å²) in [6.07, 6.45) is -0.461. The third kappa shape index (κ3) is 6.58. The predicted molar refractivity (Wildman–Crippen MR) is 93.9 cm³/mol. The van der Waals surface area contributed by atoms with E-state index in [4.69, 9.17) is 16.3 Å². The number of non-ortho nitro benzene ring substituents is 1. The Hall–Kier alpha value is -2.35. The molecule has 0 atom stereocenters. The maximum absolute atomic E-state index is 12.1. The van der Waals surface area contributed by atoms with Crippen molar-refractivity contribution in [2.75, 3.05) is 19.6 Å². The second-order valence-corrected chi connectivity index (χ2v) is 6.64. The van der Waals surface area contributed by atoms with Gasteiger partial charge in [0.05, 0.1) is 15.5 Å². The molecule has 0 heterocycles. The quantitative estimate of drug-likeness (QED) is 0.611. The van der Waals surface area contributed by atoms with Crippen LogP contribution in [0.15, 0.2) is 18.2 Å². The van der Waals surface area contributed by atoms with Gasteiger partial charge in [0, 0.05) is 31.8 Å². The number of ether oxygens (including phenoxy) is 1. The monoisotopic (exact) mass is 371 g/mol. The summed E-state index contributed by atoms with van der Waals surface area (Å²) in [6.45, 7) is 8.02. The molecule has 9 heteroatoms. The molecule has 1 rings (SSSR count). The molecule has 0 saturated heterocycles. The van der Waals surface area contributed by atoms with Crippen LogP contribution in [-0.2, 0) is 4.74 Å². The first-order valence-electron chi connectivity index (χ1n) is 7.75. The van der Waals surface area contributed by atoms with Crippen LogP contribution in [0.1, 0.15) is 38.1 Å². The Balaban J connectivity index is 2.61. The van der Waals surface area contributed by atoms with E-state index < -0.39 is 22.5 Å². The number of likely N-dealkylation sites (N-methyl/N-ethyl adjacent to an activating group) is 1. The fourth-order valence-electron chi connectivity index (χ4n) is 1.91. The van der Waals surface area contributed by atoms with E-state index in [9.17, 15) is 19.7 Å². The van der Waals surface area contributed by atoms with Crippen molar-refractivity contribution in [3.05, 3.63) is 38.9 Å². The summed E-state index contributed by atoms with van der Waals surface area (Å²) in [6, 6.07) is 3.62. The van der Waals surface area contributed by atoms with Crippen molar-refractivity contribution in [1.29, 1.82) is 0 Å². The Labute approximate surface area is 151 Å². The van der Waals surface area contributed by atoms with Gasteiger partial charge in [-0.05, 0) is 33.8 Å². The minimum atomic E-state index is -0.597. The van der Waals surface area contributed by atoms with Gasteiger partial charge in [-0.3, -0.25) is 14.9 Å². The Morgan fingerprint density at radius 3 is 2.48 bits per heavy atom. The van der Waals surface area contributed by atoms with Gasteiger partial charge in [0.15, 0.2) is 0 Å². The average molecular weight is 372 g/mol. The van der Waals surface area contributed by atoms with E-state index in [-0.39, 0.29) is 29.4 Å². The summed E-state index contributed by atoms with van der Waals surface area (Å²) in [5.74, 6) is -0.472. The SMILES string of the molecule is CCN(CCNC(=O)c1ccc([N+](=O)[O-])cc1Cl)C(=O)OC(C)(C)C. The van der Waals surface area contributed by atoms with E-state index in [1.807, 2.05) is 0 Å². The smallest absolute Gasteiger partial charge is 0.410 e. The molecule has 0 saturated carbocycles. The molecular weight excluding hydrogens is 350 g/mol. The summed E-state index contributed by atoms with van der Waals surface area (Å²) in [5, 5.41) is 13.3. The number of halogens is 1. The number of amides is 2. The molecule has 1 N–H and O–H groups in total. The Morgan fingerprint density at radius 1 is 1.36 bits per heavy atom. The molecule has 0 aliphatic rings. The van der Waals surface area contributed by atoms with Crippen LogP contribution in [0.5, 0.6) is 0 Å². The van der Waals surface area contributed by atoms with E-state index in [0.717, 1.165) is 6.07 Å². The summed E-state index contributed by atoms with van der Waals surface area (Å²) < 4.78 is 5.28. The first kappa shape index (κ1) is 20.7. The molecule has 0 radical (unpaired) electrons. The molecule has 0 aliphatic heterocycles. The van der Waals surface area contributed by atoms with Crippen molar-refractivity contribution in [2.45, 2.75) is 33.3 Å². The van der Waals surface area contributed by atoms with Crippen molar-refractivity contribution in [2.24, 2.45) is 0 Å². The number of hydrogen-bond acceptors (Lipinski definition) is 5. The van der Waals surface area contributed by atoms with E-state index in [2.05, 4.69) is 5.32 Å². The Morgan fingerprint density at radius 2 is 2.00 bits per heavy atom. The van der Waals surface area contributed by atoms with Gasteiger partial charge >= 0.3 is 6.09 Å². The summed E-state index contributed by atoms with van der Waals surface area (Å²) in [4.78, 5) is 35.7. The topological polar surface area (TPSA) is 102 Å². The van der Waals surface area contributed by atoms with Gasteiger partial charge in [-0.1, -0.05) is 11.6 Å². The van der Waals surface area contributed by atoms with Gasteiger partial charge in [0.1, 0.15) is 5.60 Å². The molecule has 2 amide bonds. The fraction of sp³-hybridized carbons (Fsp3) is 0.500. The van der Waals surface area contributed by atoms with Crippen LogP contribution in [0, 0.1) is 10.1 Å². The van der Waals surface area contributed by atoms with Crippen LogP contribution in [0.4, 0.5) is 10.5 Å². The second kappa shape index (κ2) is 8.66. The van der Waals surface area contributed by atoms with Crippen LogP contribution in [0.2, 0.25) is 5.02 Å². The molecule has 0 bridgehead atoms. The lowest BCUT2D eigenvalue weighted by Gasteiger charge is -2.26.